The van der Waals surface area contributed by atoms with Crippen LogP contribution in [-0.4, -0.2) is 17.1 Å². The van der Waals surface area contributed by atoms with Crippen LogP contribution < -0.4 is 4.74 Å². The molecule has 14 heavy (non-hydrogen) atoms. The first-order chi connectivity index (χ1) is 6.70. The van der Waals surface area contributed by atoms with E-state index in [-0.39, 0.29) is 5.56 Å². The lowest BCUT2D eigenvalue weighted by molar-refractivity contribution is 0.151. The number of methoxy groups -OCH3 is 1. The average Bonchev–Trinajstić information content (AvgIpc) is 2.58. The van der Waals surface area contributed by atoms with Crippen LogP contribution >= 0.6 is 0 Å². The first-order valence-electron chi connectivity index (χ1n) is 4.02. The maximum Gasteiger partial charge on any atom is 0.294 e. The Balaban J connectivity index is 2.54. The summed E-state index contributed by atoms with van der Waals surface area (Å²) in [7, 11) is 1.46. The third-order valence-corrected chi connectivity index (χ3v) is 1.93. The van der Waals surface area contributed by atoms with Gasteiger partial charge in [0, 0.05) is 5.56 Å². The van der Waals surface area contributed by atoms with Crippen LogP contribution in [0.5, 0.6) is 6.01 Å². The maximum absolute atomic E-state index is 12.3. The number of imidazole rings is 1. The second kappa shape index (κ2) is 3.25. The molecule has 0 saturated carbocycles. The molecule has 0 radical (unpaired) electrons. The molecule has 5 heteroatoms. The molecule has 2 aromatic rings. The Kier molecular flexibility index (Phi) is 2.07. The van der Waals surface area contributed by atoms with Crippen LogP contribution in [0.25, 0.3) is 11.0 Å². The molecule has 0 atom stereocenters. The molecular weight excluding hydrogens is 190 g/mol. The molecular formula is C9H8F2N2O. The summed E-state index contributed by atoms with van der Waals surface area (Å²) >= 11 is 0. The van der Waals surface area contributed by atoms with E-state index in [1.54, 1.807) is 0 Å². The number of hydrogen-bond acceptors (Lipinski definition) is 2. The van der Waals surface area contributed by atoms with Crippen molar-refractivity contribution in [1.29, 1.82) is 0 Å². The Morgan fingerprint density at radius 1 is 1.43 bits per heavy atom. The van der Waals surface area contributed by atoms with Gasteiger partial charge in [-0.2, -0.15) is 4.98 Å². The summed E-state index contributed by atoms with van der Waals surface area (Å²) in [5.74, 6) is 0. The molecule has 74 valence electrons. The molecule has 0 bridgehead atoms. The van der Waals surface area contributed by atoms with E-state index in [1.807, 2.05) is 0 Å². The fraction of sp³-hybridized carbons (Fsp3) is 0.222. The van der Waals surface area contributed by atoms with E-state index in [9.17, 15) is 8.78 Å². The van der Waals surface area contributed by atoms with E-state index < -0.39 is 6.43 Å². The van der Waals surface area contributed by atoms with E-state index in [0.29, 0.717) is 17.0 Å². The number of halogens is 2. The van der Waals surface area contributed by atoms with Crippen molar-refractivity contribution in [2.45, 2.75) is 6.43 Å². The number of nitrogens with one attached hydrogen (secondary N) is 1. The minimum Gasteiger partial charge on any atom is -0.468 e. The van der Waals surface area contributed by atoms with E-state index in [2.05, 4.69) is 9.97 Å². The number of nitrogens with zero attached hydrogens (tertiary/aromatic N) is 1. The Labute approximate surface area is 78.7 Å². The normalized spacial score (nSPS) is 11.1. The standard InChI is InChI=1S/C9H8F2N2O/c1-14-9-12-6-3-2-5(8(10)11)4-7(6)13-9/h2-4,8H,1H3,(H,12,13). The highest BCUT2D eigenvalue weighted by molar-refractivity contribution is 5.76. The number of ether oxygens (including phenoxy) is 1. The topological polar surface area (TPSA) is 37.9 Å². The van der Waals surface area contributed by atoms with E-state index in [0.717, 1.165) is 0 Å². The lowest BCUT2D eigenvalue weighted by Gasteiger charge is -1.97. The lowest BCUT2D eigenvalue weighted by Crippen LogP contribution is -1.83. The van der Waals surface area contributed by atoms with Gasteiger partial charge in [0.1, 0.15) is 0 Å². The highest BCUT2D eigenvalue weighted by Crippen LogP contribution is 2.23. The zero-order chi connectivity index (χ0) is 10.1. The number of aromatic nitrogens is 2. The number of fused-ring (bicyclic) bond motifs is 1. The van der Waals surface area contributed by atoms with Gasteiger partial charge in [0.05, 0.1) is 18.1 Å². The molecule has 1 aromatic heterocycles. The molecule has 2 rings (SSSR count). The van der Waals surface area contributed by atoms with Gasteiger partial charge in [-0.3, -0.25) is 0 Å². The SMILES string of the molecule is COc1nc2ccc(C(F)F)cc2[nH]1. The van der Waals surface area contributed by atoms with Crippen molar-refractivity contribution in [2.24, 2.45) is 0 Å². The molecule has 1 aromatic carbocycles. The van der Waals surface area contributed by atoms with Gasteiger partial charge in [-0.15, -0.1) is 0 Å². The Morgan fingerprint density at radius 2 is 2.21 bits per heavy atom. The molecule has 0 aliphatic heterocycles. The van der Waals surface area contributed by atoms with Crippen molar-refractivity contribution in [3.05, 3.63) is 23.8 Å². The van der Waals surface area contributed by atoms with Gasteiger partial charge in [-0.05, 0) is 12.1 Å². The van der Waals surface area contributed by atoms with Crippen LogP contribution in [0.15, 0.2) is 18.2 Å². The second-order valence-electron chi connectivity index (χ2n) is 2.82. The molecule has 0 unspecified atom stereocenters. The maximum atomic E-state index is 12.3. The van der Waals surface area contributed by atoms with Crippen molar-refractivity contribution < 1.29 is 13.5 Å². The number of aromatic amines is 1. The predicted octanol–water partition coefficient (Wildman–Crippen LogP) is 2.51. The Hall–Kier alpha value is -1.65. The summed E-state index contributed by atoms with van der Waals surface area (Å²) in [4.78, 5) is 6.78. The Morgan fingerprint density at radius 3 is 2.86 bits per heavy atom. The first-order valence-corrected chi connectivity index (χ1v) is 4.02. The fourth-order valence-electron chi connectivity index (χ4n) is 1.24. The van der Waals surface area contributed by atoms with Gasteiger partial charge in [-0.1, -0.05) is 6.07 Å². The first kappa shape index (κ1) is 8.93. The van der Waals surface area contributed by atoms with Gasteiger partial charge in [0.25, 0.3) is 12.4 Å². The fourth-order valence-corrected chi connectivity index (χ4v) is 1.24. The minimum absolute atomic E-state index is 0.0243. The smallest absolute Gasteiger partial charge is 0.294 e. The molecule has 0 fully saturated rings. The quantitative estimate of drug-likeness (QED) is 0.805. The third kappa shape index (κ3) is 1.41. The summed E-state index contributed by atoms with van der Waals surface area (Å²) in [5.41, 5.74) is 1.15. The summed E-state index contributed by atoms with van der Waals surface area (Å²) in [5, 5.41) is 0. The number of alkyl halides is 2. The molecule has 0 saturated heterocycles. The average molecular weight is 198 g/mol. The molecule has 0 amide bonds. The number of rotatable bonds is 2. The van der Waals surface area contributed by atoms with E-state index in [4.69, 9.17) is 4.74 Å². The minimum atomic E-state index is -2.46. The summed E-state index contributed by atoms with van der Waals surface area (Å²) < 4.78 is 29.5. The van der Waals surface area contributed by atoms with Gasteiger partial charge in [-0.25, -0.2) is 8.78 Å². The van der Waals surface area contributed by atoms with Crippen molar-refractivity contribution in [1.82, 2.24) is 9.97 Å². The van der Waals surface area contributed by atoms with Crippen LogP contribution in [0.4, 0.5) is 8.78 Å². The van der Waals surface area contributed by atoms with Crippen LogP contribution in [0.3, 0.4) is 0 Å². The third-order valence-electron chi connectivity index (χ3n) is 1.93. The van der Waals surface area contributed by atoms with Gasteiger partial charge in [0.15, 0.2) is 0 Å². The summed E-state index contributed by atoms with van der Waals surface area (Å²) in [6.45, 7) is 0. The van der Waals surface area contributed by atoms with Gasteiger partial charge < -0.3 is 9.72 Å². The van der Waals surface area contributed by atoms with Crippen molar-refractivity contribution in [3.8, 4) is 6.01 Å². The van der Waals surface area contributed by atoms with Crippen molar-refractivity contribution in [2.75, 3.05) is 7.11 Å². The molecule has 1 N–H and O–H groups in total. The molecule has 1 heterocycles. The van der Waals surface area contributed by atoms with E-state index >= 15 is 0 Å². The van der Waals surface area contributed by atoms with E-state index in [1.165, 1.54) is 25.3 Å². The van der Waals surface area contributed by atoms with Crippen molar-refractivity contribution in [3.63, 3.8) is 0 Å². The van der Waals surface area contributed by atoms with Crippen LogP contribution in [0, 0.1) is 0 Å². The number of H-pyrrole nitrogens is 1. The monoisotopic (exact) mass is 198 g/mol. The largest absolute Gasteiger partial charge is 0.468 e. The van der Waals surface area contributed by atoms with Crippen LogP contribution in [0.1, 0.15) is 12.0 Å². The summed E-state index contributed by atoms with van der Waals surface area (Å²) in [6.07, 6.45) is -2.46. The van der Waals surface area contributed by atoms with Crippen LogP contribution in [-0.2, 0) is 0 Å². The molecule has 3 nitrogen and oxygen atoms in total. The Bertz CT molecular complexity index is 453. The summed E-state index contributed by atoms with van der Waals surface area (Å²) in [6, 6.07) is 4.59. The molecule has 0 spiro atoms. The molecule has 0 aliphatic carbocycles. The second-order valence-corrected chi connectivity index (χ2v) is 2.82. The van der Waals surface area contributed by atoms with Gasteiger partial charge >= 0.3 is 0 Å². The zero-order valence-corrected chi connectivity index (χ0v) is 7.42. The highest BCUT2D eigenvalue weighted by atomic mass is 19.3. The lowest BCUT2D eigenvalue weighted by atomic mass is 10.2. The zero-order valence-electron chi connectivity index (χ0n) is 7.42. The van der Waals surface area contributed by atoms with Gasteiger partial charge in [0.2, 0.25) is 0 Å². The van der Waals surface area contributed by atoms with Crippen LogP contribution in [0.2, 0.25) is 0 Å². The highest BCUT2D eigenvalue weighted by Gasteiger charge is 2.09. The number of benzene rings is 1. The predicted molar refractivity (Wildman–Crippen MR) is 47.6 cm³/mol. The van der Waals surface area contributed by atoms with Crippen molar-refractivity contribution >= 4 is 11.0 Å². The number of hydrogen-bond donors (Lipinski definition) is 1. The molecule has 0 aliphatic rings.